The molecule has 1 fully saturated rings. The number of carbonyl (C=O) groups excluding carboxylic acids is 1. The standard InChI is InChI=1S/C13H17NO3S2/c1-9-3-4-11(18-2)7-12(9)13(15)14-10-5-6-19(16,17)8-10/h3-4,7,10H,5-6,8H2,1-2H3,(H,14,15). The second kappa shape index (κ2) is 5.54. The Balaban J connectivity index is 2.12. The van der Waals surface area contributed by atoms with Crippen molar-refractivity contribution in [3.63, 3.8) is 0 Å². The summed E-state index contributed by atoms with van der Waals surface area (Å²) >= 11 is 1.58. The van der Waals surface area contributed by atoms with Gasteiger partial charge in [0.05, 0.1) is 11.5 Å². The lowest BCUT2D eigenvalue weighted by molar-refractivity contribution is 0.0940. The second-order valence-electron chi connectivity index (χ2n) is 4.75. The van der Waals surface area contributed by atoms with Crippen molar-refractivity contribution in [2.24, 2.45) is 0 Å². The summed E-state index contributed by atoms with van der Waals surface area (Å²) in [6, 6.07) is 5.47. The van der Waals surface area contributed by atoms with E-state index in [1.54, 1.807) is 11.8 Å². The number of aryl methyl sites for hydroxylation is 1. The SMILES string of the molecule is CSc1ccc(C)c(C(=O)NC2CCS(=O)(=O)C2)c1. The van der Waals surface area contributed by atoms with E-state index < -0.39 is 9.84 Å². The molecule has 0 spiro atoms. The van der Waals surface area contributed by atoms with Gasteiger partial charge >= 0.3 is 0 Å². The van der Waals surface area contributed by atoms with Crippen LogP contribution in [0.1, 0.15) is 22.3 Å². The van der Waals surface area contributed by atoms with Gasteiger partial charge in [-0.15, -0.1) is 11.8 Å². The Morgan fingerprint density at radius 3 is 2.74 bits per heavy atom. The highest BCUT2D eigenvalue weighted by Gasteiger charge is 2.29. The van der Waals surface area contributed by atoms with Gasteiger partial charge in [-0.3, -0.25) is 4.79 Å². The Kier molecular flexibility index (Phi) is 4.20. The molecule has 1 aliphatic rings. The summed E-state index contributed by atoms with van der Waals surface area (Å²) < 4.78 is 22.7. The van der Waals surface area contributed by atoms with Crippen LogP contribution in [0.3, 0.4) is 0 Å². The minimum Gasteiger partial charge on any atom is -0.348 e. The zero-order chi connectivity index (χ0) is 14.0. The van der Waals surface area contributed by atoms with Crippen molar-refractivity contribution in [1.82, 2.24) is 5.32 Å². The molecule has 1 unspecified atom stereocenters. The van der Waals surface area contributed by atoms with Crippen LogP contribution in [0.5, 0.6) is 0 Å². The Labute approximate surface area is 117 Å². The second-order valence-corrected chi connectivity index (χ2v) is 7.86. The zero-order valence-corrected chi connectivity index (χ0v) is 12.6. The van der Waals surface area contributed by atoms with E-state index in [2.05, 4.69) is 5.32 Å². The number of sulfone groups is 1. The third-order valence-corrected chi connectivity index (χ3v) is 5.75. The lowest BCUT2D eigenvalue weighted by Gasteiger charge is -2.13. The summed E-state index contributed by atoms with van der Waals surface area (Å²) in [4.78, 5) is 13.2. The number of benzene rings is 1. The highest BCUT2D eigenvalue weighted by atomic mass is 32.2. The first-order valence-corrected chi connectivity index (χ1v) is 9.12. The summed E-state index contributed by atoms with van der Waals surface area (Å²) in [7, 11) is -2.97. The normalized spacial score (nSPS) is 21.3. The number of thioether (sulfide) groups is 1. The first-order chi connectivity index (χ1) is 8.91. The molecule has 1 aliphatic heterocycles. The van der Waals surface area contributed by atoms with Crippen molar-refractivity contribution in [3.05, 3.63) is 29.3 Å². The maximum Gasteiger partial charge on any atom is 0.251 e. The van der Waals surface area contributed by atoms with Gasteiger partial charge in [0.15, 0.2) is 9.84 Å². The van der Waals surface area contributed by atoms with Crippen molar-refractivity contribution >= 4 is 27.5 Å². The predicted molar refractivity (Wildman–Crippen MR) is 77.5 cm³/mol. The number of hydrogen-bond donors (Lipinski definition) is 1. The van der Waals surface area contributed by atoms with Gasteiger partial charge < -0.3 is 5.32 Å². The van der Waals surface area contributed by atoms with Crippen LogP contribution >= 0.6 is 11.8 Å². The van der Waals surface area contributed by atoms with Gasteiger partial charge in [0.25, 0.3) is 5.91 Å². The van der Waals surface area contributed by atoms with Crippen LogP contribution in [0, 0.1) is 6.92 Å². The van der Waals surface area contributed by atoms with Gasteiger partial charge in [-0.25, -0.2) is 8.42 Å². The summed E-state index contributed by atoms with van der Waals surface area (Å²) in [5.74, 6) is 0.0393. The molecular weight excluding hydrogens is 282 g/mol. The molecule has 0 aliphatic carbocycles. The number of nitrogens with one attached hydrogen (secondary N) is 1. The van der Waals surface area contributed by atoms with E-state index in [-0.39, 0.29) is 23.5 Å². The number of hydrogen-bond acceptors (Lipinski definition) is 4. The molecule has 0 saturated carbocycles. The van der Waals surface area contributed by atoms with Crippen LogP contribution in [-0.2, 0) is 9.84 Å². The highest BCUT2D eigenvalue weighted by molar-refractivity contribution is 7.98. The molecule has 6 heteroatoms. The lowest BCUT2D eigenvalue weighted by atomic mass is 10.1. The van der Waals surface area contributed by atoms with Crippen molar-refractivity contribution in [2.75, 3.05) is 17.8 Å². The average molecular weight is 299 g/mol. The fraction of sp³-hybridized carbons (Fsp3) is 0.462. The molecule has 19 heavy (non-hydrogen) atoms. The lowest BCUT2D eigenvalue weighted by Crippen LogP contribution is -2.35. The van der Waals surface area contributed by atoms with Crippen LogP contribution in [-0.4, -0.2) is 38.1 Å². The molecule has 0 aromatic heterocycles. The maximum absolute atomic E-state index is 12.2. The van der Waals surface area contributed by atoms with E-state index in [4.69, 9.17) is 0 Å². The Hall–Kier alpha value is -1.01. The molecule has 1 aromatic carbocycles. The average Bonchev–Trinajstić information content (AvgIpc) is 2.69. The molecule has 1 aromatic rings. The fourth-order valence-corrected chi connectivity index (χ4v) is 4.26. The number of rotatable bonds is 3. The topological polar surface area (TPSA) is 63.2 Å². The van der Waals surface area contributed by atoms with Crippen LogP contribution in [0.4, 0.5) is 0 Å². The molecule has 2 rings (SSSR count). The van der Waals surface area contributed by atoms with Crippen LogP contribution < -0.4 is 5.32 Å². The molecule has 0 bridgehead atoms. The largest absolute Gasteiger partial charge is 0.348 e. The van der Waals surface area contributed by atoms with Crippen molar-refractivity contribution < 1.29 is 13.2 Å². The third-order valence-electron chi connectivity index (χ3n) is 3.26. The summed E-state index contributed by atoms with van der Waals surface area (Å²) in [5.41, 5.74) is 1.52. The van der Waals surface area contributed by atoms with E-state index >= 15 is 0 Å². The van der Waals surface area contributed by atoms with Gasteiger partial charge in [-0.2, -0.15) is 0 Å². The minimum absolute atomic E-state index is 0.0556. The fourth-order valence-electron chi connectivity index (χ4n) is 2.14. The van der Waals surface area contributed by atoms with Gasteiger partial charge in [0, 0.05) is 16.5 Å². The molecule has 104 valence electrons. The number of amides is 1. The first kappa shape index (κ1) is 14.4. The molecule has 1 heterocycles. The summed E-state index contributed by atoms with van der Waals surface area (Å²) in [6.07, 6.45) is 2.46. The van der Waals surface area contributed by atoms with E-state index in [1.807, 2.05) is 31.4 Å². The molecule has 1 N–H and O–H groups in total. The third kappa shape index (κ3) is 3.51. The van der Waals surface area contributed by atoms with E-state index in [1.165, 1.54) is 0 Å². The molecule has 1 amide bonds. The number of carbonyl (C=O) groups is 1. The van der Waals surface area contributed by atoms with E-state index in [9.17, 15) is 13.2 Å². The zero-order valence-electron chi connectivity index (χ0n) is 11.0. The quantitative estimate of drug-likeness (QED) is 0.862. The van der Waals surface area contributed by atoms with Crippen LogP contribution in [0.2, 0.25) is 0 Å². The van der Waals surface area contributed by atoms with Gasteiger partial charge in [0.1, 0.15) is 0 Å². The van der Waals surface area contributed by atoms with Crippen molar-refractivity contribution in [3.8, 4) is 0 Å². The molecular formula is C13H17NO3S2. The highest BCUT2D eigenvalue weighted by Crippen LogP contribution is 2.20. The Morgan fingerprint density at radius 2 is 2.16 bits per heavy atom. The van der Waals surface area contributed by atoms with Crippen LogP contribution in [0.15, 0.2) is 23.1 Å². The molecule has 1 saturated heterocycles. The van der Waals surface area contributed by atoms with E-state index in [0.29, 0.717) is 12.0 Å². The molecule has 1 atom stereocenters. The Morgan fingerprint density at radius 1 is 1.42 bits per heavy atom. The van der Waals surface area contributed by atoms with Crippen LogP contribution in [0.25, 0.3) is 0 Å². The van der Waals surface area contributed by atoms with Gasteiger partial charge in [-0.1, -0.05) is 6.07 Å². The van der Waals surface area contributed by atoms with Crippen molar-refractivity contribution in [2.45, 2.75) is 24.3 Å². The minimum atomic E-state index is -2.97. The molecule has 0 radical (unpaired) electrons. The summed E-state index contributed by atoms with van der Waals surface area (Å²) in [5, 5.41) is 2.82. The predicted octanol–water partition coefficient (Wildman–Crippen LogP) is 1.63. The summed E-state index contributed by atoms with van der Waals surface area (Å²) in [6.45, 7) is 1.88. The van der Waals surface area contributed by atoms with Gasteiger partial charge in [0.2, 0.25) is 0 Å². The van der Waals surface area contributed by atoms with Crippen molar-refractivity contribution in [1.29, 1.82) is 0 Å². The maximum atomic E-state index is 12.2. The van der Waals surface area contributed by atoms with E-state index in [0.717, 1.165) is 10.5 Å². The first-order valence-electron chi connectivity index (χ1n) is 6.07. The van der Waals surface area contributed by atoms with Gasteiger partial charge in [-0.05, 0) is 37.3 Å². The molecule has 4 nitrogen and oxygen atoms in total. The monoisotopic (exact) mass is 299 g/mol. The Bertz CT molecular complexity index is 596. The smallest absolute Gasteiger partial charge is 0.251 e.